The van der Waals surface area contributed by atoms with E-state index in [1.54, 1.807) is 6.20 Å². The van der Waals surface area contributed by atoms with Gasteiger partial charge in [-0.15, -0.1) is 0 Å². The second kappa shape index (κ2) is 5.65. The number of nitrogens with one attached hydrogen (secondary N) is 1. The van der Waals surface area contributed by atoms with Gasteiger partial charge in [-0.2, -0.15) is 0 Å². The van der Waals surface area contributed by atoms with Gasteiger partial charge in [-0.3, -0.25) is 4.98 Å². The van der Waals surface area contributed by atoms with Crippen LogP contribution in [0.3, 0.4) is 0 Å². The fourth-order valence-electron chi connectivity index (χ4n) is 2.26. The summed E-state index contributed by atoms with van der Waals surface area (Å²) in [7, 11) is 0. The number of aromatic nitrogens is 1. The zero-order valence-electron chi connectivity index (χ0n) is 11.1. The van der Waals surface area contributed by atoms with E-state index in [0.717, 1.165) is 29.0 Å². The Balaban J connectivity index is 2.03. The third kappa shape index (κ3) is 2.55. The molecule has 0 saturated carbocycles. The van der Waals surface area contributed by atoms with E-state index < -0.39 is 0 Å². The molecule has 1 aromatic carbocycles. The van der Waals surface area contributed by atoms with Crippen LogP contribution in [0.5, 0.6) is 0 Å². The van der Waals surface area contributed by atoms with Crippen molar-refractivity contribution < 1.29 is 4.42 Å². The number of rotatable bonds is 4. The van der Waals surface area contributed by atoms with E-state index in [1.165, 1.54) is 0 Å². The Labute approximate surface area is 122 Å². The van der Waals surface area contributed by atoms with Crippen LogP contribution in [0.15, 0.2) is 53.1 Å². The molecule has 1 atom stereocenters. The van der Waals surface area contributed by atoms with Crippen molar-refractivity contribution in [3.05, 3.63) is 65.1 Å². The van der Waals surface area contributed by atoms with Gasteiger partial charge in [-0.1, -0.05) is 36.7 Å². The Bertz CT molecular complexity index is 673. The predicted octanol–water partition coefficient (Wildman–Crippen LogP) is 4.18. The minimum atomic E-state index is -0.0651. The zero-order valence-corrected chi connectivity index (χ0v) is 11.9. The normalized spacial score (nSPS) is 12.7. The molecule has 3 aromatic rings. The number of hydrogen-bond acceptors (Lipinski definition) is 3. The first kappa shape index (κ1) is 13.2. The second-order valence-corrected chi connectivity index (χ2v) is 5.02. The lowest BCUT2D eigenvalue weighted by Crippen LogP contribution is -2.22. The molecule has 0 fully saturated rings. The van der Waals surface area contributed by atoms with E-state index in [1.807, 2.05) is 36.4 Å². The lowest BCUT2D eigenvalue weighted by molar-refractivity contribution is 0.471. The summed E-state index contributed by atoms with van der Waals surface area (Å²) in [6, 6.07) is 13.7. The van der Waals surface area contributed by atoms with Crippen LogP contribution in [0.4, 0.5) is 0 Å². The Hall–Kier alpha value is -1.84. The first-order valence-electron chi connectivity index (χ1n) is 6.61. The fraction of sp³-hybridized carbons (Fsp3) is 0.188. The van der Waals surface area contributed by atoms with Crippen molar-refractivity contribution >= 4 is 22.6 Å². The van der Waals surface area contributed by atoms with E-state index in [2.05, 4.69) is 23.3 Å². The topological polar surface area (TPSA) is 38.1 Å². The van der Waals surface area contributed by atoms with Crippen LogP contribution in [-0.2, 0) is 0 Å². The summed E-state index contributed by atoms with van der Waals surface area (Å²) in [5.41, 5.74) is 1.79. The number of furan rings is 1. The van der Waals surface area contributed by atoms with Crippen molar-refractivity contribution in [2.45, 2.75) is 13.0 Å². The van der Waals surface area contributed by atoms with Gasteiger partial charge in [0.25, 0.3) is 0 Å². The highest BCUT2D eigenvalue weighted by atomic mass is 35.5. The number of hydrogen-bond donors (Lipinski definition) is 1. The smallest absolute Gasteiger partial charge is 0.134 e. The fourth-order valence-corrected chi connectivity index (χ4v) is 2.37. The molecular weight excluding hydrogens is 272 g/mol. The van der Waals surface area contributed by atoms with Gasteiger partial charge in [0, 0.05) is 11.6 Å². The third-order valence-electron chi connectivity index (χ3n) is 3.18. The van der Waals surface area contributed by atoms with Crippen LogP contribution in [0.25, 0.3) is 11.0 Å². The standard InChI is InChI=1S/C16H15ClN2O/c1-2-18-16(13-8-7-12(17)10-19-13)15-9-11-5-3-4-6-14(11)20-15/h3-10,16,18H,2H2,1H3. The minimum Gasteiger partial charge on any atom is -0.459 e. The monoisotopic (exact) mass is 286 g/mol. The van der Waals surface area contributed by atoms with Crippen molar-refractivity contribution in [2.75, 3.05) is 6.54 Å². The number of benzene rings is 1. The highest BCUT2D eigenvalue weighted by Crippen LogP contribution is 2.27. The van der Waals surface area contributed by atoms with Gasteiger partial charge in [-0.25, -0.2) is 0 Å². The molecule has 0 aliphatic rings. The summed E-state index contributed by atoms with van der Waals surface area (Å²) >= 11 is 5.90. The molecule has 0 aliphatic carbocycles. The number of halogens is 1. The maximum Gasteiger partial charge on any atom is 0.134 e. The Morgan fingerprint density at radius 2 is 2.10 bits per heavy atom. The molecule has 0 saturated heterocycles. The van der Waals surface area contributed by atoms with Gasteiger partial charge >= 0.3 is 0 Å². The van der Waals surface area contributed by atoms with Gasteiger partial charge < -0.3 is 9.73 Å². The van der Waals surface area contributed by atoms with Gasteiger partial charge in [0.2, 0.25) is 0 Å². The summed E-state index contributed by atoms with van der Waals surface area (Å²) in [6.45, 7) is 2.89. The molecule has 20 heavy (non-hydrogen) atoms. The quantitative estimate of drug-likeness (QED) is 0.782. The van der Waals surface area contributed by atoms with Crippen LogP contribution in [0, 0.1) is 0 Å². The van der Waals surface area contributed by atoms with E-state index in [9.17, 15) is 0 Å². The first-order valence-corrected chi connectivity index (χ1v) is 6.99. The molecule has 3 nitrogen and oxygen atoms in total. The van der Waals surface area contributed by atoms with Gasteiger partial charge in [0.15, 0.2) is 0 Å². The van der Waals surface area contributed by atoms with E-state index in [0.29, 0.717) is 5.02 Å². The number of para-hydroxylation sites is 1. The van der Waals surface area contributed by atoms with Crippen LogP contribution in [0.2, 0.25) is 5.02 Å². The van der Waals surface area contributed by atoms with Crippen molar-refractivity contribution in [1.29, 1.82) is 0 Å². The summed E-state index contributed by atoms with van der Waals surface area (Å²) in [5, 5.41) is 5.13. The maximum absolute atomic E-state index is 5.93. The second-order valence-electron chi connectivity index (χ2n) is 4.58. The number of fused-ring (bicyclic) bond motifs is 1. The van der Waals surface area contributed by atoms with Gasteiger partial charge in [0.1, 0.15) is 17.4 Å². The summed E-state index contributed by atoms with van der Waals surface area (Å²) in [6.07, 6.45) is 1.66. The lowest BCUT2D eigenvalue weighted by atomic mass is 10.1. The molecule has 102 valence electrons. The Morgan fingerprint density at radius 1 is 1.25 bits per heavy atom. The van der Waals surface area contributed by atoms with Crippen molar-refractivity contribution in [1.82, 2.24) is 10.3 Å². The van der Waals surface area contributed by atoms with Crippen LogP contribution in [0.1, 0.15) is 24.4 Å². The predicted molar refractivity (Wildman–Crippen MR) is 81.0 cm³/mol. The van der Waals surface area contributed by atoms with Crippen molar-refractivity contribution in [3.8, 4) is 0 Å². The molecule has 2 aromatic heterocycles. The van der Waals surface area contributed by atoms with Crippen LogP contribution in [-0.4, -0.2) is 11.5 Å². The molecule has 0 amide bonds. The van der Waals surface area contributed by atoms with E-state index in [-0.39, 0.29) is 6.04 Å². The zero-order chi connectivity index (χ0) is 13.9. The van der Waals surface area contributed by atoms with Crippen LogP contribution >= 0.6 is 11.6 Å². The molecule has 0 aliphatic heterocycles. The third-order valence-corrected chi connectivity index (χ3v) is 3.41. The van der Waals surface area contributed by atoms with Gasteiger partial charge in [-0.05, 0) is 30.8 Å². The average Bonchev–Trinajstić information content (AvgIpc) is 2.89. The molecule has 1 unspecified atom stereocenters. The summed E-state index contributed by atoms with van der Waals surface area (Å²) in [5.74, 6) is 0.864. The summed E-state index contributed by atoms with van der Waals surface area (Å²) in [4.78, 5) is 4.39. The molecule has 1 N–H and O–H groups in total. The van der Waals surface area contributed by atoms with Gasteiger partial charge in [0.05, 0.1) is 10.7 Å². The number of nitrogens with zero attached hydrogens (tertiary/aromatic N) is 1. The minimum absolute atomic E-state index is 0.0651. The molecule has 2 heterocycles. The first-order chi connectivity index (χ1) is 9.78. The molecule has 0 bridgehead atoms. The van der Waals surface area contributed by atoms with Crippen LogP contribution < -0.4 is 5.32 Å². The lowest BCUT2D eigenvalue weighted by Gasteiger charge is -2.14. The molecule has 3 rings (SSSR count). The molecule has 0 radical (unpaired) electrons. The van der Waals surface area contributed by atoms with E-state index >= 15 is 0 Å². The van der Waals surface area contributed by atoms with Crippen molar-refractivity contribution in [2.24, 2.45) is 0 Å². The highest BCUT2D eigenvalue weighted by molar-refractivity contribution is 6.30. The molecular formula is C16H15ClN2O. The maximum atomic E-state index is 5.93. The Kier molecular flexibility index (Phi) is 3.72. The highest BCUT2D eigenvalue weighted by Gasteiger charge is 2.18. The number of pyridine rings is 1. The molecule has 0 spiro atoms. The Morgan fingerprint density at radius 3 is 2.80 bits per heavy atom. The summed E-state index contributed by atoms with van der Waals surface area (Å²) < 4.78 is 5.93. The van der Waals surface area contributed by atoms with Crippen molar-refractivity contribution in [3.63, 3.8) is 0 Å². The average molecular weight is 287 g/mol. The van der Waals surface area contributed by atoms with E-state index in [4.69, 9.17) is 16.0 Å². The largest absolute Gasteiger partial charge is 0.459 e. The SMILES string of the molecule is CCNC(c1ccc(Cl)cn1)c1cc2ccccc2o1. The molecule has 4 heteroatoms.